The number of carbonyl (C=O) groups is 2. The molecule has 30 heavy (non-hydrogen) atoms. The van der Waals surface area contributed by atoms with Crippen molar-refractivity contribution in [2.45, 2.75) is 57.0 Å². The molecule has 2 rings (SSSR count). The predicted molar refractivity (Wildman–Crippen MR) is 126 cm³/mol. The second kappa shape index (κ2) is 12.7. The number of nitrogens with zero attached hydrogens (tertiary/aromatic N) is 1. The van der Waals surface area contributed by atoms with E-state index in [2.05, 4.69) is 5.32 Å². The van der Waals surface area contributed by atoms with Crippen molar-refractivity contribution in [2.75, 3.05) is 12.3 Å². The summed E-state index contributed by atoms with van der Waals surface area (Å²) < 4.78 is 0. The maximum absolute atomic E-state index is 13.0. The fourth-order valence-electron chi connectivity index (χ4n) is 2.97. The number of carbonyl (C=O) groups excluding carboxylic acids is 2. The van der Waals surface area contributed by atoms with Gasteiger partial charge < -0.3 is 10.2 Å². The summed E-state index contributed by atoms with van der Waals surface area (Å²) in [6.07, 6.45) is 1.95. The van der Waals surface area contributed by atoms with Gasteiger partial charge in [0.15, 0.2) is 0 Å². The Morgan fingerprint density at radius 1 is 1.07 bits per heavy atom. The minimum Gasteiger partial charge on any atom is -0.352 e. The predicted octanol–water partition coefficient (Wildman–Crippen LogP) is 5.20. The van der Waals surface area contributed by atoms with E-state index >= 15 is 0 Å². The molecule has 0 saturated carbocycles. The highest BCUT2D eigenvalue weighted by molar-refractivity contribution is 7.99. The van der Waals surface area contributed by atoms with Gasteiger partial charge >= 0.3 is 0 Å². The van der Waals surface area contributed by atoms with E-state index in [0.717, 1.165) is 23.3 Å². The Morgan fingerprint density at radius 2 is 1.73 bits per heavy atom. The summed E-state index contributed by atoms with van der Waals surface area (Å²) in [4.78, 5) is 28.5. The van der Waals surface area contributed by atoms with Gasteiger partial charge in [0.1, 0.15) is 6.04 Å². The molecule has 0 bridgehead atoms. The normalized spacial score (nSPS) is 12.8. The summed E-state index contributed by atoms with van der Waals surface area (Å²) in [5, 5.41) is 3.70. The second-order valence-corrected chi connectivity index (χ2v) is 8.97. The zero-order valence-electron chi connectivity index (χ0n) is 17.9. The Hall–Kier alpha value is -1.98. The Balaban J connectivity index is 1.99. The lowest BCUT2D eigenvalue weighted by atomic mass is 10.1. The Bertz CT molecular complexity index is 799. The molecule has 0 heterocycles. The van der Waals surface area contributed by atoms with Crippen LogP contribution in [0.25, 0.3) is 0 Å². The first-order chi connectivity index (χ1) is 14.4. The molecule has 2 amide bonds. The number of hydrogen-bond donors (Lipinski definition) is 1. The van der Waals surface area contributed by atoms with Crippen LogP contribution in [-0.4, -0.2) is 41.1 Å². The third kappa shape index (κ3) is 8.04. The quantitative estimate of drug-likeness (QED) is 0.483. The highest BCUT2D eigenvalue weighted by Crippen LogP contribution is 2.21. The molecule has 0 aliphatic carbocycles. The number of halogens is 1. The van der Waals surface area contributed by atoms with E-state index in [-0.39, 0.29) is 17.9 Å². The summed E-state index contributed by atoms with van der Waals surface area (Å²) in [5.41, 5.74) is 1.15. The van der Waals surface area contributed by atoms with Crippen molar-refractivity contribution in [1.29, 1.82) is 0 Å². The third-order valence-electron chi connectivity index (χ3n) is 5.05. The average Bonchev–Trinajstić information content (AvgIpc) is 2.75. The average molecular weight is 447 g/mol. The summed E-state index contributed by atoms with van der Waals surface area (Å²) >= 11 is 7.54. The molecule has 2 aromatic rings. The van der Waals surface area contributed by atoms with Gasteiger partial charge in [0.25, 0.3) is 0 Å². The van der Waals surface area contributed by atoms with Crippen LogP contribution in [0.2, 0.25) is 5.02 Å². The lowest BCUT2D eigenvalue weighted by molar-refractivity contribution is -0.139. The minimum absolute atomic E-state index is 0.000744. The Morgan fingerprint density at radius 3 is 2.37 bits per heavy atom. The highest BCUT2D eigenvalue weighted by atomic mass is 35.5. The van der Waals surface area contributed by atoms with Crippen LogP contribution in [0, 0.1) is 0 Å². The van der Waals surface area contributed by atoms with Crippen LogP contribution in [0.3, 0.4) is 0 Å². The Labute approximate surface area is 189 Å². The van der Waals surface area contributed by atoms with E-state index in [1.165, 1.54) is 0 Å². The third-order valence-corrected chi connectivity index (χ3v) is 6.32. The first-order valence-electron chi connectivity index (χ1n) is 10.4. The molecule has 2 aromatic carbocycles. The number of thioether (sulfide) groups is 1. The van der Waals surface area contributed by atoms with Crippen LogP contribution in [0.5, 0.6) is 0 Å². The van der Waals surface area contributed by atoms with Crippen LogP contribution in [0.1, 0.15) is 39.2 Å². The van der Waals surface area contributed by atoms with Crippen LogP contribution < -0.4 is 5.32 Å². The molecule has 0 radical (unpaired) electrons. The van der Waals surface area contributed by atoms with Crippen LogP contribution in [0.4, 0.5) is 0 Å². The zero-order valence-corrected chi connectivity index (χ0v) is 19.5. The molecular weight excluding hydrogens is 416 g/mol. The number of hydrogen-bond acceptors (Lipinski definition) is 3. The zero-order chi connectivity index (χ0) is 21.9. The van der Waals surface area contributed by atoms with Crippen molar-refractivity contribution in [1.82, 2.24) is 10.2 Å². The smallest absolute Gasteiger partial charge is 0.242 e. The topological polar surface area (TPSA) is 49.4 Å². The summed E-state index contributed by atoms with van der Waals surface area (Å²) in [5.74, 6) is 0.553. The molecule has 0 aliphatic rings. The van der Waals surface area contributed by atoms with E-state index in [1.807, 2.05) is 75.4 Å². The number of benzene rings is 2. The van der Waals surface area contributed by atoms with E-state index < -0.39 is 6.04 Å². The Kier molecular flexibility index (Phi) is 10.2. The van der Waals surface area contributed by atoms with Crippen LogP contribution >= 0.6 is 23.4 Å². The number of amides is 2. The minimum atomic E-state index is -0.504. The van der Waals surface area contributed by atoms with Gasteiger partial charge in [-0.05, 0) is 56.5 Å². The summed E-state index contributed by atoms with van der Waals surface area (Å²) in [6, 6.07) is 17.2. The first-order valence-corrected chi connectivity index (χ1v) is 11.8. The SMILES string of the molecule is CC[C@H](C)NC(=O)[C@@H](C)N(CCc1ccccc1)C(=O)CCSc1ccc(Cl)cc1. The fraction of sp³-hybridized carbons (Fsp3) is 0.417. The van der Waals surface area contributed by atoms with Gasteiger partial charge in [-0.3, -0.25) is 9.59 Å². The number of rotatable bonds is 11. The second-order valence-electron chi connectivity index (χ2n) is 7.37. The fourth-order valence-corrected chi connectivity index (χ4v) is 3.93. The standard InChI is InChI=1S/C24H31ClN2O2S/c1-4-18(2)26-24(29)19(3)27(16-14-20-8-6-5-7-9-20)23(28)15-17-30-22-12-10-21(25)11-13-22/h5-13,18-19H,4,14-17H2,1-3H3,(H,26,29)/t18-,19+/m0/s1. The van der Waals surface area contributed by atoms with Crippen molar-refractivity contribution in [3.63, 3.8) is 0 Å². The van der Waals surface area contributed by atoms with Gasteiger partial charge in [-0.25, -0.2) is 0 Å². The molecule has 4 nitrogen and oxygen atoms in total. The van der Waals surface area contributed by atoms with Gasteiger partial charge in [0, 0.05) is 34.7 Å². The lowest BCUT2D eigenvalue weighted by Gasteiger charge is -2.29. The van der Waals surface area contributed by atoms with E-state index in [1.54, 1.807) is 16.7 Å². The van der Waals surface area contributed by atoms with Gasteiger partial charge in [-0.1, -0.05) is 48.9 Å². The van der Waals surface area contributed by atoms with Gasteiger partial charge in [0.05, 0.1) is 0 Å². The number of nitrogens with one attached hydrogen (secondary N) is 1. The van der Waals surface area contributed by atoms with E-state index in [4.69, 9.17) is 11.6 Å². The molecule has 0 fully saturated rings. The largest absolute Gasteiger partial charge is 0.352 e. The molecule has 0 aromatic heterocycles. The van der Waals surface area contributed by atoms with Crippen molar-refractivity contribution in [3.05, 3.63) is 65.2 Å². The molecule has 1 N–H and O–H groups in total. The summed E-state index contributed by atoms with van der Waals surface area (Å²) in [7, 11) is 0. The van der Waals surface area contributed by atoms with Gasteiger partial charge in [-0.15, -0.1) is 11.8 Å². The highest BCUT2D eigenvalue weighted by Gasteiger charge is 2.26. The van der Waals surface area contributed by atoms with E-state index in [0.29, 0.717) is 23.7 Å². The molecule has 162 valence electrons. The molecule has 0 saturated heterocycles. The van der Waals surface area contributed by atoms with Crippen molar-refractivity contribution in [2.24, 2.45) is 0 Å². The molecule has 0 aliphatic heterocycles. The molecular formula is C24H31ClN2O2S. The van der Waals surface area contributed by atoms with Gasteiger partial charge in [-0.2, -0.15) is 0 Å². The first kappa shape index (κ1) is 24.3. The maximum Gasteiger partial charge on any atom is 0.242 e. The van der Waals surface area contributed by atoms with Crippen LogP contribution in [0.15, 0.2) is 59.5 Å². The van der Waals surface area contributed by atoms with Crippen molar-refractivity contribution in [3.8, 4) is 0 Å². The maximum atomic E-state index is 13.0. The van der Waals surface area contributed by atoms with Gasteiger partial charge in [0.2, 0.25) is 11.8 Å². The molecule has 0 unspecified atom stereocenters. The molecule has 2 atom stereocenters. The van der Waals surface area contributed by atoms with Crippen molar-refractivity contribution < 1.29 is 9.59 Å². The van der Waals surface area contributed by atoms with Crippen molar-refractivity contribution >= 4 is 35.2 Å². The summed E-state index contributed by atoms with van der Waals surface area (Å²) in [6.45, 7) is 6.34. The molecule has 6 heteroatoms. The van der Waals surface area contributed by atoms with E-state index in [9.17, 15) is 9.59 Å². The lowest BCUT2D eigenvalue weighted by Crippen LogP contribution is -2.50. The monoisotopic (exact) mass is 446 g/mol. The van der Waals surface area contributed by atoms with Crippen LogP contribution in [-0.2, 0) is 16.0 Å². The molecule has 0 spiro atoms.